The van der Waals surface area contributed by atoms with E-state index in [0.29, 0.717) is 12.1 Å². The molecule has 0 heterocycles. The van der Waals surface area contributed by atoms with Crippen molar-refractivity contribution in [3.63, 3.8) is 0 Å². The number of halogens is 2. The van der Waals surface area contributed by atoms with Gasteiger partial charge in [0, 0.05) is 27.5 Å². The second-order valence-corrected chi connectivity index (χ2v) is 5.41. The number of amides is 1. The van der Waals surface area contributed by atoms with Crippen LogP contribution < -0.4 is 5.32 Å². The first-order chi connectivity index (χ1) is 8.13. The van der Waals surface area contributed by atoms with E-state index in [-0.39, 0.29) is 5.91 Å². The Morgan fingerprint density at radius 2 is 1.88 bits per heavy atom. The van der Waals surface area contributed by atoms with Crippen LogP contribution in [0.3, 0.4) is 0 Å². The Balaban J connectivity index is 2.44. The number of terminal acetylenes is 1. The van der Waals surface area contributed by atoms with E-state index in [1.54, 1.807) is 12.1 Å². The van der Waals surface area contributed by atoms with Crippen molar-refractivity contribution in [1.82, 2.24) is 5.32 Å². The van der Waals surface area contributed by atoms with Crippen molar-refractivity contribution in [2.45, 2.75) is 19.3 Å². The monoisotopic (exact) mass is 357 g/mol. The topological polar surface area (TPSA) is 29.1 Å². The lowest BCUT2D eigenvalue weighted by molar-refractivity contribution is 0.0953. The van der Waals surface area contributed by atoms with Crippen molar-refractivity contribution in [3.05, 3.63) is 32.7 Å². The minimum absolute atomic E-state index is 0.0623. The maximum atomic E-state index is 11.8. The van der Waals surface area contributed by atoms with Gasteiger partial charge in [0.25, 0.3) is 5.91 Å². The predicted molar refractivity (Wildman–Crippen MR) is 76.9 cm³/mol. The lowest BCUT2D eigenvalue weighted by atomic mass is 10.2. The number of benzene rings is 1. The SMILES string of the molecule is C#CCCCCNC(=O)c1cc(Br)cc(Br)c1. The highest BCUT2D eigenvalue weighted by Gasteiger charge is 2.06. The van der Waals surface area contributed by atoms with Crippen molar-refractivity contribution in [2.75, 3.05) is 6.54 Å². The van der Waals surface area contributed by atoms with Gasteiger partial charge in [-0.2, -0.15) is 0 Å². The van der Waals surface area contributed by atoms with Gasteiger partial charge in [-0.3, -0.25) is 4.79 Å². The molecule has 0 aliphatic rings. The predicted octanol–water partition coefficient (Wildman–Crippen LogP) is 3.74. The fourth-order valence-corrected chi connectivity index (χ4v) is 2.63. The molecule has 0 radical (unpaired) electrons. The van der Waals surface area contributed by atoms with Crippen molar-refractivity contribution < 1.29 is 4.79 Å². The highest BCUT2D eigenvalue weighted by Crippen LogP contribution is 2.19. The zero-order chi connectivity index (χ0) is 12.7. The summed E-state index contributed by atoms with van der Waals surface area (Å²) in [5.74, 6) is 2.52. The van der Waals surface area contributed by atoms with Gasteiger partial charge < -0.3 is 5.32 Å². The molecule has 1 aromatic carbocycles. The molecule has 0 saturated heterocycles. The van der Waals surface area contributed by atoms with Crippen molar-refractivity contribution >= 4 is 37.8 Å². The van der Waals surface area contributed by atoms with Crippen molar-refractivity contribution in [1.29, 1.82) is 0 Å². The molecule has 4 heteroatoms. The molecule has 90 valence electrons. The molecule has 0 atom stereocenters. The first-order valence-electron chi connectivity index (χ1n) is 5.31. The van der Waals surface area contributed by atoms with Gasteiger partial charge in [0.2, 0.25) is 0 Å². The Morgan fingerprint density at radius 3 is 2.47 bits per heavy atom. The van der Waals surface area contributed by atoms with Crippen LogP contribution in [0.2, 0.25) is 0 Å². The van der Waals surface area contributed by atoms with E-state index in [4.69, 9.17) is 6.42 Å². The highest BCUT2D eigenvalue weighted by atomic mass is 79.9. The van der Waals surface area contributed by atoms with E-state index in [1.807, 2.05) is 6.07 Å². The van der Waals surface area contributed by atoms with Crippen LogP contribution in [0, 0.1) is 12.3 Å². The highest BCUT2D eigenvalue weighted by molar-refractivity contribution is 9.11. The van der Waals surface area contributed by atoms with Crippen LogP contribution >= 0.6 is 31.9 Å². The molecule has 1 rings (SSSR count). The van der Waals surface area contributed by atoms with Crippen LogP contribution in [0.15, 0.2) is 27.1 Å². The molecule has 1 aromatic rings. The summed E-state index contributed by atoms with van der Waals surface area (Å²) in [5, 5.41) is 2.86. The molecule has 0 aliphatic carbocycles. The Kier molecular flexibility index (Phi) is 6.31. The number of unbranched alkanes of at least 4 members (excludes halogenated alkanes) is 2. The summed E-state index contributed by atoms with van der Waals surface area (Å²) in [4.78, 5) is 11.8. The smallest absolute Gasteiger partial charge is 0.251 e. The van der Waals surface area contributed by atoms with Crippen LogP contribution in [0.25, 0.3) is 0 Å². The fraction of sp³-hybridized carbons (Fsp3) is 0.308. The van der Waals surface area contributed by atoms with E-state index < -0.39 is 0 Å². The number of carbonyl (C=O) groups is 1. The minimum Gasteiger partial charge on any atom is -0.352 e. The molecule has 0 fully saturated rings. The Morgan fingerprint density at radius 1 is 1.24 bits per heavy atom. The van der Waals surface area contributed by atoms with Gasteiger partial charge in [-0.15, -0.1) is 12.3 Å². The molecule has 1 amide bonds. The van der Waals surface area contributed by atoms with Crippen LogP contribution in [-0.2, 0) is 0 Å². The molecule has 0 bridgehead atoms. The molecule has 0 spiro atoms. The van der Waals surface area contributed by atoms with Gasteiger partial charge >= 0.3 is 0 Å². The van der Waals surface area contributed by atoms with Gasteiger partial charge in [0.15, 0.2) is 0 Å². The fourth-order valence-electron chi connectivity index (χ4n) is 1.34. The largest absolute Gasteiger partial charge is 0.352 e. The normalized spacial score (nSPS) is 9.71. The standard InChI is InChI=1S/C13H13Br2NO/c1-2-3-4-5-6-16-13(17)10-7-11(14)9-12(15)8-10/h1,7-9H,3-6H2,(H,16,17). The molecule has 0 aromatic heterocycles. The summed E-state index contributed by atoms with van der Waals surface area (Å²) >= 11 is 6.70. The molecule has 2 nitrogen and oxygen atoms in total. The van der Waals surface area contributed by atoms with Crippen LogP contribution in [0.1, 0.15) is 29.6 Å². The molecular weight excluding hydrogens is 346 g/mol. The number of hydrogen-bond donors (Lipinski definition) is 1. The Bertz CT molecular complexity index is 417. The summed E-state index contributed by atoms with van der Waals surface area (Å²) in [7, 11) is 0. The molecule has 17 heavy (non-hydrogen) atoms. The quantitative estimate of drug-likeness (QED) is 0.630. The number of hydrogen-bond acceptors (Lipinski definition) is 1. The molecule has 0 aliphatic heterocycles. The third-order valence-electron chi connectivity index (χ3n) is 2.16. The first-order valence-corrected chi connectivity index (χ1v) is 6.90. The van der Waals surface area contributed by atoms with Crippen LogP contribution in [0.4, 0.5) is 0 Å². The van der Waals surface area contributed by atoms with Gasteiger partial charge in [-0.25, -0.2) is 0 Å². The number of carbonyl (C=O) groups excluding carboxylic acids is 1. The number of nitrogens with one attached hydrogen (secondary N) is 1. The molecular formula is C13H13Br2NO. The summed E-state index contributed by atoms with van der Waals surface area (Å²) in [5.41, 5.74) is 0.642. The maximum absolute atomic E-state index is 11.8. The zero-order valence-electron chi connectivity index (χ0n) is 9.30. The summed E-state index contributed by atoms with van der Waals surface area (Å²) in [6.45, 7) is 0.657. The molecule has 0 unspecified atom stereocenters. The summed E-state index contributed by atoms with van der Waals surface area (Å²) < 4.78 is 1.76. The second-order valence-electron chi connectivity index (χ2n) is 3.58. The lowest BCUT2D eigenvalue weighted by Crippen LogP contribution is -2.24. The summed E-state index contributed by atoms with van der Waals surface area (Å²) in [6, 6.07) is 5.48. The van der Waals surface area contributed by atoms with Gasteiger partial charge in [0.05, 0.1) is 0 Å². The summed E-state index contributed by atoms with van der Waals surface area (Å²) in [6.07, 6.45) is 7.76. The average Bonchev–Trinajstić information content (AvgIpc) is 2.27. The van der Waals surface area contributed by atoms with E-state index in [2.05, 4.69) is 43.1 Å². The lowest BCUT2D eigenvalue weighted by Gasteiger charge is -2.05. The third-order valence-corrected chi connectivity index (χ3v) is 3.07. The minimum atomic E-state index is -0.0623. The average molecular weight is 359 g/mol. The van der Waals surface area contributed by atoms with Crippen molar-refractivity contribution in [3.8, 4) is 12.3 Å². The zero-order valence-corrected chi connectivity index (χ0v) is 12.5. The Labute approximate surface area is 118 Å². The van der Waals surface area contributed by atoms with Crippen LogP contribution in [0.5, 0.6) is 0 Å². The second kappa shape index (κ2) is 7.52. The van der Waals surface area contributed by atoms with Crippen LogP contribution in [-0.4, -0.2) is 12.5 Å². The third kappa shape index (κ3) is 5.38. The number of rotatable bonds is 5. The van der Waals surface area contributed by atoms with E-state index >= 15 is 0 Å². The van der Waals surface area contributed by atoms with E-state index in [0.717, 1.165) is 28.2 Å². The van der Waals surface area contributed by atoms with Gasteiger partial charge in [-0.05, 0) is 31.0 Å². The van der Waals surface area contributed by atoms with E-state index in [9.17, 15) is 4.79 Å². The Hall–Kier alpha value is -0.790. The van der Waals surface area contributed by atoms with Gasteiger partial charge in [-0.1, -0.05) is 31.9 Å². The molecule has 1 N–H and O–H groups in total. The molecule has 0 saturated carbocycles. The van der Waals surface area contributed by atoms with Crippen molar-refractivity contribution in [2.24, 2.45) is 0 Å². The van der Waals surface area contributed by atoms with E-state index in [1.165, 1.54) is 0 Å². The maximum Gasteiger partial charge on any atom is 0.251 e. The first kappa shape index (κ1) is 14.3. The van der Waals surface area contributed by atoms with Gasteiger partial charge in [0.1, 0.15) is 0 Å².